The van der Waals surface area contributed by atoms with E-state index in [1.807, 2.05) is 0 Å². The fourth-order valence-electron chi connectivity index (χ4n) is 7.26. The van der Waals surface area contributed by atoms with Gasteiger partial charge in [0.2, 0.25) is 41.4 Å². The predicted octanol–water partition coefficient (Wildman–Crippen LogP) is -1.98. The van der Waals surface area contributed by atoms with Gasteiger partial charge in [0.15, 0.2) is 17.5 Å². The van der Waals surface area contributed by atoms with Crippen molar-refractivity contribution in [2.45, 2.75) is 122 Å². The van der Waals surface area contributed by atoms with Crippen LogP contribution in [0.4, 0.5) is 4.39 Å². The average Bonchev–Trinajstić information content (AvgIpc) is 3.99. The van der Waals surface area contributed by atoms with Crippen LogP contribution in [0.2, 0.25) is 0 Å². The molecule has 0 bridgehead atoms. The van der Waals surface area contributed by atoms with Crippen molar-refractivity contribution in [2.75, 3.05) is 26.7 Å². The highest BCUT2D eigenvalue weighted by Crippen LogP contribution is 2.21. The van der Waals surface area contributed by atoms with E-state index in [4.69, 9.17) is 11.5 Å². The first kappa shape index (κ1) is 54.5. The van der Waals surface area contributed by atoms with Gasteiger partial charge < -0.3 is 68.8 Å². The predicted molar refractivity (Wildman–Crippen MR) is 242 cm³/mol. The average molecular weight is 944 g/mol. The van der Waals surface area contributed by atoms with Gasteiger partial charge in [-0.05, 0) is 69.2 Å². The lowest BCUT2D eigenvalue weighted by molar-refractivity contribution is -0.144. The first-order valence-electron chi connectivity index (χ1n) is 22.2. The molecule has 0 spiro atoms. The molecule has 1 fully saturated rings. The van der Waals surface area contributed by atoms with Crippen molar-refractivity contribution in [2.24, 2.45) is 28.3 Å². The van der Waals surface area contributed by atoms with E-state index >= 15 is 0 Å². The van der Waals surface area contributed by atoms with Gasteiger partial charge in [0.1, 0.15) is 42.3 Å². The summed E-state index contributed by atoms with van der Waals surface area (Å²) in [5.74, 6) is -9.29. The number of likely N-dealkylation sites (N-methyl/N-ethyl adjacent to an activating group) is 1. The summed E-state index contributed by atoms with van der Waals surface area (Å²) in [5, 5.41) is 37.7. The van der Waals surface area contributed by atoms with Crippen LogP contribution < -0.4 is 48.7 Å². The van der Waals surface area contributed by atoms with Crippen LogP contribution >= 0.6 is 0 Å². The van der Waals surface area contributed by atoms with Gasteiger partial charge in [-0.3, -0.25) is 43.3 Å². The number of guanidine groups is 1. The maximum atomic E-state index is 14.6. The Kier molecular flexibility index (Phi) is 21.4. The number of aliphatic carboxylic acids is 1. The third-order valence-corrected chi connectivity index (χ3v) is 11.2. The maximum Gasteiger partial charge on any atom is 0.325 e. The number of rotatable bonds is 26. The van der Waals surface area contributed by atoms with Crippen LogP contribution in [0, 0.1) is 17.7 Å². The van der Waals surface area contributed by atoms with Gasteiger partial charge in [0.25, 0.3) is 0 Å². The van der Waals surface area contributed by atoms with E-state index in [0.717, 1.165) is 12.1 Å². The molecule has 67 heavy (non-hydrogen) atoms. The van der Waals surface area contributed by atoms with E-state index in [9.17, 15) is 53.0 Å². The first-order chi connectivity index (χ1) is 31.7. The van der Waals surface area contributed by atoms with E-state index in [2.05, 4.69) is 52.2 Å². The van der Waals surface area contributed by atoms with Gasteiger partial charge in [-0.15, -0.1) is 0 Å². The van der Waals surface area contributed by atoms with E-state index in [1.54, 1.807) is 34.7 Å². The van der Waals surface area contributed by atoms with Crippen LogP contribution in [0.25, 0.3) is 0 Å². The van der Waals surface area contributed by atoms with Gasteiger partial charge in [0.05, 0.1) is 12.9 Å². The summed E-state index contributed by atoms with van der Waals surface area (Å²) in [6.07, 6.45) is 3.76. The number of hydrogen-bond acceptors (Lipinski definition) is 12. The lowest BCUT2D eigenvalue weighted by Crippen LogP contribution is -2.62. The van der Waals surface area contributed by atoms with Crippen molar-refractivity contribution in [1.29, 1.82) is 0 Å². The molecule has 0 aliphatic carbocycles. The van der Waals surface area contributed by atoms with Crippen LogP contribution in [0.1, 0.15) is 78.0 Å². The minimum atomic E-state index is -1.51. The van der Waals surface area contributed by atoms with Gasteiger partial charge >= 0.3 is 5.97 Å². The molecule has 8 atom stereocenters. The molecule has 24 heteroatoms. The number of carbonyl (C=O) groups is 8. The number of aromatic amines is 1. The van der Waals surface area contributed by atoms with Crippen molar-refractivity contribution < 1.29 is 53.0 Å². The molecule has 1 aromatic carbocycles. The van der Waals surface area contributed by atoms with Gasteiger partial charge in [-0.2, -0.15) is 0 Å². The van der Waals surface area contributed by atoms with Crippen LogP contribution in [0.3, 0.4) is 0 Å². The largest absolute Gasteiger partial charge is 0.505 e. The summed E-state index contributed by atoms with van der Waals surface area (Å²) in [7, 11) is 1.55. The highest BCUT2D eigenvalue weighted by molar-refractivity contribution is 5.98. The Bertz CT molecular complexity index is 2070. The fourth-order valence-corrected chi connectivity index (χ4v) is 7.26. The quantitative estimate of drug-likeness (QED) is 0.0276. The number of carboxylic acids is 1. The lowest BCUT2D eigenvalue weighted by atomic mass is 9.96. The highest BCUT2D eigenvalue weighted by Gasteiger charge is 2.40. The Balaban J connectivity index is 1.94. The second kappa shape index (κ2) is 26.3. The Morgan fingerprint density at radius 1 is 0.896 bits per heavy atom. The number of benzene rings is 1. The van der Waals surface area contributed by atoms with Crippen molar-refractivity contribution in [3.8, 4) is 5.75 Å². The number of phenolic OH excluding ortho intramolecular Hbond substituents is 1. The number of H-pyrrole nitrogens is 1. The Labute approximate surface area is 388 Å². The SMILES string of the molecule is CC[C@H](C)[C@H](NC(=O)[C@H](Cc1ccc(O)c(F)c1)NC(=O)[C@@H](NC(=O)[C@H](CCCN=C(N)N)NC(=O)CNC)C(C)C)C(=O)N[C@@H](Cc1cnc[nH]1)C(=O)N1CCC[C@H]1C(=O)N[C@H](C)C(=O)O. The fraction of sp³-hybridized carbons (Fsp3) is 0.581. The summed E-state index contributed by atoms with van der Waals surface area (Å²) in [5.41, 5.74) is 11.5. The van der Waals surface area contributed by atoms with Crippen LogP contribution in [-0.4, -0.2) is 147 Å². The molecule has 1 aliphatic rings. The first-order valence-corrected chi connectivity index (χ1v) is 22.2. The molecule has 7 amide bonds. The van der Waals surface area contributed by atoms with Gasteiger partial charge in [-0.25, -0.2) is 9.37 Å². The Morgan fingerprint density at radius 2 is 1.55 bits per heavy atom. The molecule has 3 rings (SSSR count). The smallest absolute Gasteiger partial charge is 0.325 e. The number of aliphatic imine (C=N–C) groups is 1. The molecule has 1 saturated heterocycles. The molecule has 2 heterocycles. The number of nitrogens with two attached hydrogens (primary N) is 2. The molecule has 2 aromatic rings. The Morgan fingerprint density at radius 3 is 2.15 bits per heavy atom. The molecular weight excluding hydrogens is 878 g/mol. The summed E-state index contributed by atoms with van der Waals surface area (Å²) in [6.45, 7) is 8.20. The van der Waals surface area contributed by atoms with Crippen molar-refractivity contribution in [3.63, 3.8) is 0 Å². The monoisotopic (exact) mass is 944 g/mol. The number of halogens is 1. The number of hydrogen-bond donors (Lipinski definition) is 12. The minimum absolute atomic E-state index is 0.0926. The number of nitrogens with zero attached hydrogens (tertiary/aromatic N) is 3. The summed E-state index contributed by atoms with van der Waals surface area (Å²) >= 11 is 0. The third kappa shape index (κ3) is 16.8. The number of phenols is 1. The molecule has 0 radical (unpaired) electrons. The van der Waals surface area contributed by atoms with E-state index < -0.39 is 113 Å². The zero-order valence-corrected chi connectivity index (χ0v) is 38.7. The number of carboxylic acid groups (broad SMARTS) is 1. The molecular formula is C43H66FN13O10. The second-order valence-electron chi connectivity index (χ2n) is 16.9. The molecule has 370 valence electrons. The molecule has 23 nitrogen and oxygen atoms in total. The minimum Gasteiger partial charge on any atom is -0.505 e. The summed E-state index contributed by atoms with van der Waals surface area (Å²) in [4.78, 5) is 120. The molecule has 1 aromatic heterocycles. The third-order valence-electron chi connectivity index (χ3n) is 11.2. The van der Waals surface area contributed by atoms with Gasteiger partial charge in [-0.1, -0.05) is 40.2 Å². The number of likely N-dealkylation sites (tertiary alicyclic amines) is 1. The molecule has 0 saturated carbocycles. The van der Waals surface area contributed by atoms with Crippen LogP contribution in [-0.2, 0) is 51.2 Å². The second-order valence-corrected chi connectivity index (χ2v) is 16.9. The van der Waals surface area contributed by atoms with Crippen LogP contribution in [0.15, 0.2) is 35.7 Å². The lowest BCUT2D eigenvalue weighted by Gasteiger charge is -2.32. The number of aromatic nitrogens is 2. The number of imidazole rings is 1. The standard InChI is InChI=1S/C43H66FN13O10/c1-7-23(4)35(40(64)54-30(18-26-19-48-21-50-26)41(65)57-15-9-11-31(57)38(62)51-24(5)42(66)67)56-37(61)29(17-25-12-13-32(58)27(44)16-25)53-39(63)34(22(2)3)55-36(60)28(52-33(59)20-47-6)10-8-14-49-43(45)46/h12-13,16,19,21-24,28-31,34-35,47,58H,7-11,14-15,17-18,20H2,1-6H3,(H,48,50)(H,51,62)(H,52,59)(H,53,63)(H,54,64)(H,55,60)(H,56,61)(H,66,67)(H4,45,46,49)/t23-,24+,28-,29-,30-,31-,34-,35-/m0/s1. The summed E-state index contributed by atoms with van der Waals surface area (Å²) in [6, 6.07) is -5.41. The topological polar surface area (TPSA) is 358 Å². The number of carbonyl (C=O) groups excluding carboxylic acids is 7. The molecule has 1 aliphatic heterocycles. The number of aromatic hydroxyl groups is 1. The molecule has 0 unspecified atom stereocenters. The maximum absolute atomic E-state index is 14.6. The highest BCUT2D eigenvalue weighted by atomic mass is 19.1. The number of amides is 7. The van der Waals surface area contributed by atoms with E-state index in [-0.39, 0.29) is 63.3 Å². The Hall–Kier alpha value is -6.85. The van der Waals surface area contributed by atoms with E-state index in [1.165, 1.54) is 30.4 Å². The van der Waals surface area contributed by atoms with Crippen molar-refractivity contribution >= 4 is 53.3 Å². The van der Waals surface area contributed by atoms with Crippen LogP contribution in [0.5, 0.6) is 5.75 Å². The van der Waals surface area contributed by atoms with Crippen molar-refractivity contribution in [1.82, 2.24) is 52.1 Å². The van der Waals surface area contributed by atoms with Gasteiger partial charge in [0, 0.05) is 37.8 Å². The zero-order valence-electron chi connectivity index (χ0n) is 38.7. The normalized spacial score (nSPS) is 16.5. The van der Waals surface area contributed by atoms with Crippen molar-refractivity contribution in [3.05, 3.63) is 47.8 Å². The summed E-state index contributed by atoms with van der Waals surface area (Å²) < 4.78 is 14.6. The molecule has 14 N–H and O–H groups in total. The van der Waals surface area contributed by atoms with E-state index in [0.29, 0.717) is 18.5 Å². The number of nitrogens with one attached hydrogen (secondary N) is 8. The zero-order chi connectivity index (χ0) is 50.0.